The van der Waals surface area contributed by atoms with Crippen molar-refractivity contribution in [3.05, 3.63) is 245 Å². The molecule has 13 aromatic rings. The molecule has 416 valence electrons. The van der Waals surface area contributed by atoms with Crippen LogP contribution in [0.1, 0.15) is 124 Å². The molecule has 1 N–H and O–H groups in total. The number of anilines is 6. The van der Waals surface area contributed by atoms with E-state index in [1.54, 1.807) is 0 Å². The van der Waals surface area contributed by atoms with Gasteiger partial charge in [0.05, 0.1) is 22.7 Å². The predicted octanol–water partition coefficient (Wildman–Crippen LogP) is 23.9. The Morgan fingerprint density at radius 2 is 0.714 bits per heavy atom. The van der Waals surface area contributed by atoms with Crippen LogP contribution in [0.2, 0.25) is 0 Å². The van der Waals surface area contributed by atoms with Crippen LogP contribution in [-0.2, 0) is 0 Å². The average molecular weight is 1100 g/mol. The average Bonchev–Trinajstić information content (AvgIpc) is 0.976. The zero-order valence-corrected chi connectivity index (χ0v) is 50.6. The largest absolute Gasteiger partial charge is 0.505 e. The van der Waals surface area contributed by atoms with Crippen LogP contribution in [0.25, 0.3) is 87.6 Å². The molecule has 0 atom stereocenters. The molecule has 0 bridgehead atoms. The predicted molar refractivity (Wildman–Crippen MR) is 360 cm³/mol. The Morgan fingerprint density at radius 1 is 0.310 bits per heavy atom. The van der Waals surface area contributed by atoms with Crippen LogP contribution in [0.15, 0.2) is 205 Å². The molecule has 4 nitrogen and oxygen atoms in total. The van der Waals surface area contributed by atoms with Gasteiger partial charge in [0, 0.05) is 44.0 Å². The van der Waals surface area contributed by atoms with Crippen LogP contribution in [0.4, 0.5) is 34.1 Å². The first-order valence-electron chi connectivity index (χ1n) is 30.1. The van der Waals surface area contributed by atoms with Gasteiger partial charge >= 0.3 is 0 Å². The third-order valence-corrected chi connectivity index (χ3v) is 17.5. The van der Waals surface area contributed by atoms with Crippen LogP contribution in [0.3, 0.4) is 0 Å². The van der Waals surface area contributed by atoms with Crippen LogP contribution in [0, 0.1) is 27.7 Å². The van der Waals surface area contributed by atoms with Crippen molar-refractivity contribution in [2.45, 2.75) is 107 Å². The molecule has 84 heavy (non-hydrogen) atoms. The Bertz CT molecular complexity index is 4660. The van der Waals surface area contributed by atoms with Gasteiger partial charge < -0.3 is 19.3 Å². The van der Waals surface area contributed by atoms with Gasteiger partial charge in [0.15, 0.2) is 5.58 Å². The fraction of sp³-hybridized carbons (Fsp3) is 0.200. The standard InChI is InChI=1S/C80H74N2O2/c1-46(2)58-23-13-15-25-60(58)54-21-17-22-55(43-54)61-27-19-31-72(78(61)83)81(56-39-50(9)37-51(10)40-56)74-44-70(48(5)6)63-34-36-69-75(45-71(49(7)8)64-33-35-68(74)76(63)77(64)69)82(57-41-52(11)38-53(12)42-57)73-32-20-30-67-66-29-18-28-65(79(66)84-80(67)73)62-26-16-14-24-59(62)47(3)4/h13-49,83H,1-12H3. The lowest BCUT2D eigenvalue weighted by Crippen LogP contribution is -2.14. The summed E-state index contributed by atoms with van der Waals surface area (Å²) in [5.41, 5.74) is 23.8. The molecule has 13 rings (SSSR count). The maximum Gasteiger partial charge on any atom is 0.159 e. The molecular weight excluding hydrogens is 1020 g/mol. The minimum atomic E-state index is 0.171. The summed E-state index contributed by atoms with van der Waals surface area (Å²) in [7, 11) is 0. The van der Waals surface area contributed by atoms with Crippen molar-refractivity contribution in [1.82, 2.24) is 0 Å². The number of aryl methyl sites for hydroxylation is 4. The summed E-state index contributed by atoms with van der Waals surface area (Å²) >= 11 is 0. The van der Waals surface area contributed by atoms with Gasteiger partial charge in [-0.25, -0.2) is 0 Å². The number of aromatic hydroxyl groups is 1. The van der Waals surface area contributed by atoms with Crippen molar-refractivity contribution < 1.29 is 9.52 Å². The second kappa shape index (κ2) is 21.3. The number of fused-ring (bicyclic) bond motifs is 3. The first-order valence-corrected chi connectivity index (χ1v) is 30.1. The van der Waals surface area contributed by atoms with Gasteiger partial charge in [-0.15, -0.1) is 0 Å². The van der Waals surface area contributed by atoms with E-state index in [4.69, 9.17) is 4.42 Å². The molecule has 12 aromatic carbocycles. The second-order valence-corrected chi connectivity index (χ2v) is 24.9. The maximum absolute atomic E-state index is 13.1. The van der Waals surface area contributed by atoms with Gasteiger partial charge in [0.25, 0.3) is 0 Å². The third-order valence-electron chi connectivity index (χ3n) is 17.5. The van der Waals surface area contributed by atoms with Crippen molar-refractivity contribution in [1.29, 1.82) is 0 Å². The van der Waals surface area contributed by atoms with Gasteiger partial charge in [-0.3, -0.25) is 0 Å². The maximum atomic E-state index is 13.1. The normalized spacial score (nSPS) is 12.0. The molecule has 0 spiro atoms. The van der Waals surface area contributed by atoms with Crippen molar-refractivity contribution in [3.63, 3.8) is 0 Å². The van der Waals surface area contributed by atoms with E-state index in [1.165, 1.54) is 66.1 Å². The van der Waals surface area contributed by atoms with E-state index >= 15 is 0 Å². The van der Waals surface area contributed by atoms with Gasteiger partial charge in [0.1, 0.15) is 11.3 Å². The first kappa shape index (κ1) is 54.1. The molecular formula is C80H74N2O2. The van der Waals surface area contributed by atoms with E-state index in [0.717, 1.165) is 100 Å². The molecule has 0 aliphatic rings. The number of hydrogen-bond donors (Lipinski definition) is 1. The number of phenols is 1. The number of furan rings is 1. The Balaban J connectivity index is 1.09. The Labute approximate surface area is 495 Å². The Morgan fingerprint density at radius 3 is 1.26 bits per heavy atom. The zero-order valence-electron chi connectivity index (χ0n) is 50.6. The van der Waals surface area contributed by atoms with Crippen molar-refractivity contribution in [3.8, 4) is 39.1 Å². The smallest absolute Gasteiger partial charge is 0.159 e. The quantitative estimate of drug-likeness (QED) is 0.117. The summed E-state index contributed by atoms with van der Waals surface area (Å²) in [6.45, 7) is 27.1. The molecule has 0 radical (unpaired) electrons. The summed E-state index contributed by atoms with van der Waals surface area (Å²) in [5.74, 6) is 1.29. The van der Waals surface area contributed by atoms with Crippen LogP contribution >= 0.6 is 0 Å². The minimum Gasteiger partial charge on any atom is -0.505 e. The lowest BCUT2D eigenvalue weighted by molar-refractivity contribution is 0.478. The topological polar surface area (TPSA) is 39.9 Å². The molecule has 0 unspecified atom stereocenters. The van der Waals surface area contributed by atoms with Crippen molar-refractivity contribution in [2.24, 2.45) is 0 Å². The van der Waals surface area contributed by atoms with E-state index in [-0.39, 0.29) is 17.6 Å². The molecule has 0 saturated heterocycles. The van der Waals surface area contributed by atoms with Crippen LogP contribution in [-0.4, -0.2) is 5.11 Å². The summed E-state index contributed by atoms with van der Waals surface area (Å²) in [4.78, 5) is 4.81. The number of para-hydroxylation sites is 3. The van der Waals surface area contributed by atoms with E-state index in [2.05, 4.69) is 293 Å². The van der Waals surface area contributed by atoms with E-state index in [0.29, 0.717) is 11.8 Å². The molecule has 0 aliphatic heterocycles. The van der Waals surface area contributed by atoms with Gasteiger partial charge in [0.2, 0.25) is 0 Å². The third kappa shape index (κ3) is 9.15. The zero-order chi connectivity index (χ0) is 58.4. The molecule has 0 aliphatic carbocycles. The SMILES string of the molecule is Cc1cc(C)cc(N(c2cccc(-c3cccc(-c4ccccc4C(C)C)c3)c2O)c2cc(C(C)C)c3ccc4c(N(c5cc(C)cc(C)c5)c5cccc6c5oc5c(-c7ccccc7C(C)C)cccc56)cc(C(C)C)c5ccc2c3c54)c1. The number of benzene rings is 12. The second-order valence-electron chi connectivity index (χ2n) is 24.9. The highest BCUT2D eigenvalue weighted by Crippen LogP contribution is 2.54. The number of rotatable bonds is 13. The lowest BCUT2D eigenvalue weighted by atomic mass is 9.84. The fourth-order valence-electron chi connectivity index (χ4n) is 13.8. The summed E-state index contributed by atoms with van der Waals surface area (Å²) in [5, 5.41) is 22.5. The van der Waals surface area contributed by atoms with E-state index < -0.39 is 0 Å². The molecule has 0 amide bonds. The lowest BCUT2D eigenvalue weighted by Gasteiger charge is -2.32. The van der Waals surface area contributed by atoms with Gasteiger partial charge in [-0.2, -0.15) is 0 Å². The molecule has 1 heterocycles. The Hall–Kier alpha value is -9.12. The monoisotopic (exact) mass is 1090 g/mol. The molecule has 1 aromatic heterocycles. The highest BCUT2D eigenvalue weighted by atomic mass is 16.3. The number of phenolic OH excluding ortho intramolecular Hbond substituents is 1. The van der Waals surface area contributed by atoms with Crippen molar-refractivity contribution >= 4 is 88.4 Å². The minimum absolute atomic E-state index is 0.171. The number of hydrogen-bond acceptors (Lipinski definition) is 4. The summed E-state index contributed by atoms with van der Waals surface area (Å²) < 4.78 is 7.39. The summed E-state index contributed by atoms with van der Waals surface area (Å²) in [6, 6.07) is 73.7. The Kier molecular flexibility index (Phi) is 13.7. The first-order chi connectivity index (χ1) is 40.5. The van der Waals surface area contributed by atoms with Gasteiger partial charge in [-0.05, 0) is 194 Å². The highest BCUT2D eigenvalue weighted by Gasteiger charge is 2.30. The fourth-order valence-corrected chi connectivity index (χ4v) is 13.8. The molecule has 0 saturated carbocycles. The molecule has 4 heteroatoms. The summed E-state index contributed by atoms with van der Waals surface area (Å²) in [6.07, 6.45) is 0. The van der Waals surface area contributed by atoms with Crippen LogP contribution in [0.5, 0.6) is 5.75 Å². The highest BCUT2D eigenvalue weighted by molar-refractivity contribution is 6.30. The number of nitrogens with zero attached hydrogens (tertiary/aromatic N) is 2. The van der Waals surface area contributed by atoms with Gasteiger partial charge in [-0.1, -0.05) is 201 Å². The van der Waals surface area contributed by atoms with E-state index in [9.17, 15) is 5.11 Å². The molecule has 0 fully saturated rings. The van der Waals surface area contributed by atoms with Crippen molar-refractivity contribution in [2.75, 3.05) is 9.80 Å². The van der Waals surface area contributed by atoms with Crippen LogP contribution < -0.4 is 9.80 Å². The van der Waals surface area contributed by atoms with E-state index in [1.807, 2.05) is 0 Å².